The summed E-state index contributed by atoms with van der Waals surface area (Å²) in [4.78, 5) is 27.2. The summed E-state index contributed by atoms with van der Waals surface area (Å²) in [5.41, 5.74) is 1.31. The lowest BCUT2D eigenvalue weighted by Crippen LogP contribution is -2.41. The van der Waals surface area contributed by atoms with Crippen molar-refractivity contribution in [2.45, 2.75) is 46.0 Å². The lowest BCUT2D eigenvalue weighted by atomic mass is 9.92. The quantitative estimate of drug-likeness (QED) is 0.364. The molecule has 0 radical (unpaired) electrons. The minimum absolute atomic E-state index is 0.0939. The number of amides is 3. The van der Waals surface area contributed by atoms with Crippen LogP contribution in [-0.4, -0.2) is 39.7 Å². The van der Waals surface area contributed by atoms with E-state index in [0.29, 0.717) is 29.5 Å². The van der Waals surface area contributed by atoms with Crippen molar-refractivity contribution in [3.63, 3.8) is 0 Å². The van der Waals surface area contributed by atoms with Crippen LogP contribution in [0.1, 0.15) is 46.2 Å². The Hall–Kier alpha value is -3.46. The van der Waals surface area contributed by atoms with Crippen LogP contribution in [0, 0.1) is 11.6 Å². The number of anilines is 2. The molecule has 3 amide bonds. The van der Waals surface area contributed by atoms with Gasteiger partial charge >= 0.3 is 6.03 Å². The molecule has 7 nitrogen and oxygen atoms in total. The van der Waals surface area contributed by atoms with Gasteiger partial charge in [-0.15, -0.1) is 0 Å². The van der Waals surface area contributed by atoms with Gasteiger partial charge in [-0.25, -0.2) is 18.3 Å². The van der Waals surface area contributed by atoms with E-state index in [2.05, 4.69) is 15.7 Å². The van der Waals surface area contributed by atoms with Crippen molar-refractivity contribution in [3.05, 3.63) is 70.9 Å². The normalized spacial score (nSPS) is 11.3. The van der Waals surface area contributed by atoms with Crippen LogP contribution in [0.2, 0.25) is 5.02 Å². The average molecular weight is 518 g/mol. The van der Waals surface area contributed by atoms with Gasteiger partial charge < -0.3 is 15.5 Å². The van der Waals surface area contributed by atoms with Gasteiger partial charge in [0.15, 0.2) is 11.6 Å². The first-order chi connectivity index (χ1) is 17.0. The van der Waals surface area contributed by atoms with Crippen LogP contribution < -0.4 is 10.6 Å². The van der Waals surface area contributed by atoms with Crippen LogP contribution in [0.4, 0.5) is 25.1 Å². The lowest BCUT2D eigenvalue weighted by molar-refractivity contribution is -0.116. The molecule has 0 aliphatic carbocycles. The van der Waals surface area contributed by atoms with Crippen molar-refractivity contribution in [2.24, 2.45) is 0 Å². The molecule has 3 aromatic rings. The van der Waals surface area contributed by atoms with Crippen LogP contribution in [0.3, 0.4) is 0 Å². The fourth-order valence-corrected chi connectivity index (χ4v) is 3.48. The molecule has 0 bridgehead atoms. The van der Waals surface area contributed by atoms with Gasteiger partial charge in [0.1, 0.15) is 12.4 Å². The summed E-state index contributed by atoms with van der Waals surface area (Å²) in [6.45, 7) is 8.08. The maximum Gasteiger partial charge on any atom is 0.322 e. The second-order valence-electron chi connectivity index (χ2n) is 9.44. The number of nitrogens with zero attached hydrogens (tertiary/aromatic N) is 3. The Morgan fingerprint density at radius 2 is 1.72 bits per heavy atom. The van der Waals surface area contributed by atoms with Crippen molar-refractivity contribution in [3.8, 4) is 5.69 Å². The molecular weight excluding hydrogens is 488 g/mol. The van der Waals surface area contributed by atoms with E-state index in [-0.39, 0.29) is 17.6 Å². The molecule has 0 aliphatic heterocycles. The molecule has 1 aromatic heterocycles. The number of nitrogens with one attached hydrogen (secondary N) is 2. The Bertz CT molecular complexity index is 1220. The highest BCUT2D eigenvalue weighted by Gasteiger charge is 2.23. The third kappa shape index (κ3) is 7.04. The maximum atomic E-state index is 13.6. The fourth-order valence-electron chi connectivity index (χ4n) is 3.35. The molecular formula is C26H30ClF2N5O2. The van der Waals surface area contributed by atoms with Gasteiger partial charge in [0.05, 0.1) is 11.4 Å². The molecule has 0 saturated heterocycles. The number of unbranched alkanes of at least 4 members (excludes halogenated alkanes) is 1. The summed E-state index contributed by atoms with van der Waals surface area (Å²) >= 11 is 6.02. The summed E-state index contributed by atoms with van der Waals surface area (Å²) in [7, 11) is 0. The number of benzene rings is 2. The van der Waals surface area contributed by atoms with Gasteiger partial charge in [-0.3, -0.25) is 4.79 Å². The SMILES string of the molecule is CCCCN(CC(=O)Nc1cc(C(C)(C)C)nn1-c1ccc(Cl)cc1)C(=O)Nc1ccc(F)c(F)c1. The Balaban J connectivity index is 1.80. The molecule has 2 aromatic carbocycles. The molecule has 2 N–H and O–H groups in total. The largest absolute Gasteiger partial charge is 0.322 e. The monoisotopic (exact) mass is 517 g/mol. The number of aromatic nitrogens is 2. The molecule has 0 aliphatic rings. The highest BCUT2D eigenvalue weighted by Crippen LogP contribution is 2.27. The highest BCUT2D eigenvalue weighted by molar-refractivity contribution is 6.30. The van der Waals surface area contributed by atoms with Crippen molar-refractivity contribution in [1.29, 1.82) is 0 Å². The summed E-state index contributed by atoms with van der Waals surface area (Å²) in [6.07, 6.45) is 1.46. The zero-order valence-corrected chi connectivity index (χ0v) is 21.5. The van der Waals surface area contributed by atoms with E-state index in [1.165, 1.54) is 11.0 Å². The molecule has 0 unspecified atom stereocenters. The zero-order valence-electron chi connectivity index (χ0n) is 20.7. The summed E-state index contributed by atoms with van der Waals surface area (Å²) in [5.74, 6) is -2.07. The number of halogens is 3. The van der Waals surface area contributed by atoms with Crippen LogP contribution in [-0.2, 0) is 10.2 Å². The van der Waals surface area contributed by atoms with E-state index in [1.54, 1.807) is 35.0 Å². The van der Waals surface area contributed by atoms with Crippen LogP contribution >= 0.6 is 11.6 Å². The van der Waals surface area contributed by atoms with Crippen molar-refractivity contribution < 1.29 is 18.4 Å². The van der Waals surface area contributed by atoms with E-state index in [4.69, 9.17) is 11.6 Å². The van der Waals surface area contributed by atoms with Gasteiger partial charge in [-0.05, 0) is 42.8 Å². The molecule has 1 heterocycles. The first-order valence-electron chi connectivity index (χ1n) is 11.6. The molecule has 0 spiro atoms. The first kappa shape index (κ1) is 27.1. The van der Waals surface area contributed by atoms with Gasteiger partial charge in [0.2, 0.25) is 5.91 Å². The molecule has 10 heteroatoms. The van der Waals surface area contributed by atoms with E-state index < -0.39 is 23.6 Å². The van der Waals surface area contributed by atoms with Crippen molar-refractivity contribution in [2.75, 3.05) is 23.7 Å². The van der Waals surface area contributed by atoms with E-state index in [1.807, 2.05) is 27.7 Å². The number of carbonyl (C=O) groups is 2. The molecule has 3 rings (SSSR count). The van der Waals surface area contributed by atoms with Crippen molar-refractivity contribution >= 4 is 35.0 Å². The predicted octanol–water partition coefficient (Wildman–Crippen LogP) is 6.37. The smallest absolute Gasteiger partial charge is 0.315 e. The third-order valence-corrected chi connectivity index (χ3v) is 5.64. The van der Waals surface area contributed by atoms with E-state index >= 15 is 0 Å². The standard InChI is InChI=1S/C26H30ClF2N5O2/c1-5-6-13-33(25(36)30-18-9-12-20(28)21(29)14-18)16-24(35)31-23-15-22(26(2,3)4)32-34(23)19-10-7-17(27)8-11-19/h7-12,14-15H,5-6,13,16H2,1-4H3,(H,30,36)(H,31,35). The van der Waals surface area contributed by atoms with Gasteiger partial charge in [0, 0.05) is 34.8 Å². The summed E-state index contributed by atoms with van der Waals surface area (Å²) in [5, 5.41) is 10.6. The van der Waals surface area contributed by atoms with Gasteiger partial charge in [-0.2, -0.15) is 5.10 Å². The van der Waals surface area contributed by atoms with Gasteiger partial charge in [0.25, 0.3) is 0 Å². The van der Waals surface area contributed by atoms with E-state index in [0.717, 1.165) is 24.2 Å². The third-order valence-electron chi connectivity index (χ3n) is 5.39. The number of hydrogen-bond donors (Lipinski definition) is 2. The molecule has 36 heavy (non-hydrogen) atoms. The van der Waals surface area contributed by atoms with Gasteiger partial charge in [-0.1, -0.05) is 45.7 Å². The molecule has 0 atom stereocenters. The Morgan fingerprint density at radius 1 is 1.03 bits per heavy atom. The first-order valence-corrected chi connectivity index (χ1v) is 12.0. The molecule has 0 saturated carbocycles. The van der Waals surface area contributed by atoms with Crippen LogP contribution in [0.5, 0.6) is 0 Å². The number of rotatable bonds is 8. The second kappa shape index (κ2) is 11.5. The molecule has 192 valence electrons. The topological polar surface area (TPSA) is 79.3 Å². The minimum atomic E-state index is -1.07. The lowest BCUT2D eigenvalue weighted by Gasteiger charge is -2.22. The Kier molecular flexibility index (Phi) is 8.68. The Morgan fingerprint density at radius 3 is 2.33 bits per heavy atom. The highest BCUT2D eigenvalue weighted by atomic mass is 35.5. The summed E-state index contributed by atoms with van der Waals surface area (Å²) in [6, 6.07) is 11.3. The predicted molar refractivity (Wildman–Crippen MR) is 138 cm³/mol. The fraction of sp³-hybridized carbons (Fsp3) is 0.346. The number of urea groups is 1. The maximum absolute atomic E-state index is 13.6. The van der Waals surface area contributed by atoms with Crippen molar-refractivity contribution in [1.82, 2.24) is 14.7 Å². The minimum Gasteiger partial charge on any atom is -0.315 e. The summed E-state index contributed by atoms with van der Waals surface area (Å²) < 4.78 is 28.4. The van der Waals surface area contributed by atoms with E-state index in [9.17, 15) is 18.4 Å². The molecule has 0 fully saturated rings. The van der Waals surface area contributed by atoms with Crippen LogP contribution in [0.15, 0.2) is 48.5 Å². The average Bonchev–Trinajstić information content (AvgIpc) is 3.23. The number of carbonyl (C=O) groups excluding carboxylic acids is 2. The van der Waals surface area contributed by atoms with Crippen LogP contribution in [0.25, 0.3) is 5.69 Å². The second-order valence-corrected chi connectivity index (χ2v) is 9.87. The number of hydrogen-bond acceptors (Lipinski definition) is 3. The zero-order chi connectivity index (χ0) is 26.5. The Labute approximate surface area is 214 Å².